The third-order valence-electron chi connectivity index (χ3n) is 9.39. The van der Waals surface area contributed by atoms with Gasteiger partial charge in [0.15, 0.2) is 0 Å². The molecule has 7 aromatic rings. The summed E-state index contributed by atoms with van der Waals surface area (Å²) in [6, 6.07) is 44.0. The lowest BCUT2D eigenvalue weighted by Gasteiger charge is -2.32. The van der Waals surface area contributed by atoms with Crippen LogP contribution in [0.2, 0.25) is 0 Å². The van der Waals surface area contributed by atoms with Crippen LogP contribution in [0.4, 0.5) is 0 Å². The van der Waals surface area contributed by atoms with Gasteiger partial charge >= 0.3 is 0 Å². The molecule has 2 aromatic heterocycles. The lowest BCUT2D eigenvalue weighted by molar-refractivity contribution is 0.641. The van der Waals surface area contributed by atoms with Gasteiger partial charge in [0.1, 0.15) is 17.5 Å². The van der Waals surface area contributed by atoms with E-state index in [9.17, 15) is 0 Å². The van der Waals surface area contributed by atoms with E-state index < -0.39 is 0 Å². The van der Waals surface area contributed by atoms with Crippen molar-refractivity contribution in [2.24, 2.45) is 4.99 Å². The molecule has 0 amide bonds. The minimum atomic E-state index is -0.112. The van der Waals surface area contributed by atoms with Crippen LogP contribution < -0.4 is 0 Å². The van der Waals surface area contributed by atoms with E-state index in [0.29, 0.717) is 0 Å². The largest absolute Gasteiger partial charge is 0.295 e. The molecule has 2 bridgehead atoms. The number of hydrogen-bond acceptors (Lipinski definition) is 4. The molecule has 1 aliphatic carbocycles. The summed E-state index contributed by atoms with van der Waals surface area (Å²) in [6.07, 6.45) is 14.5. The monoisotopic (exact) mass is 658 g/mol. The fourth-order valence-electron chi connectivity index (χ4n) is 7.11. The van der Waals surface area contributed by atoms with Gasteiger partial charge in [-0.25, -0.2) is 9.97 Å². The van der Waals surface area contributed by atoms with Gasteiger partial charge in [-0.3, -0.25) is 19.0 Å². The highest BCUT2D eigenvalue weighted by atomic mass is 15.2. The van der Waals surface area contributed by atoms with Gasteiger partial charge in [0.05, 0.1) is 28.1 Å². The summed E-state index contributed by atoms with van der Waals surface area (Å²) in [5, 5.41) is 0. The maximum absolute atomic E-state index is 5.34. The molecule has 1 aliphatic heterocycles. The summed E-state index contributed by atoms with van der Waals surface area (Å²) in [5.41, 5.74) is 10.8. The van der Waals surface area contributed by atoms with E-state index in [4.69, 9.17) is 15.0 Å². The highest BCUT2D eigenvalue weighted by molar-refractivity contribution is 6.04. The van der Waals surface area contributed by atoms with Crippen molar-refractivity contribution >= 4 is 27.9 Å². The van der Waals surface area contributed by atoms with E-state index in [2.05, 4.69) is 160 Å². The molecule has 0 N–H and O–H groups in total. The van der Waals surface area contributed by atoms with Crippen molar-refractivity contribution in [3.05, 3.63) is 193 Å². The SMILES string of the molecule is C=C/C(=C\C)N1C2=CC(C=CC=C2)N=C1c1cc(-c2nc3ccccc3n2-c2ccccc2)cc(-c2nc3ccccc3n2-c2ccccc2)c1. The molecule has 5 aromatic carbocycles. The molecule has 0 spiro atoms. The van der Waals surface area contributed by atoms with Crippen LogP contribution in [0.5, 0.6) is 0 Å². The van der Waals surface area contributed by atoms with Gasteiger partial charge in [0.25, 0.3) is 0 Å². The summed E-state index contributed by atoms with van der Waals surface area (Å²) in [6.45, 7) is 6.21. The molecule has 0 saturated carbocycles. The molecule has 0 saturated heterocycles. The number of aliphatic imine (C=N–C) groups is 1. The summed E-state index contributed by atoms with van der Waals surface area (Å²) >= 11 is 0. The molecule has 51 heavy (non-hydrogen) atoms. The molecular weight excluding hydrogens is 625 g/mol. The van der Waals surface area contributed by atoms with Gasteiger partial charge in [0, 0.05) is 39.5 Å². The average Bonchev–Trinajstić information content (AvgIpc) is 3.71. The second-order valence-electron chi connectivity index (χ2n) is 12.5. The van der Waals surface area contributed by atoms with E-state index in [0.717, 1.165) is 79.0 Å². The third-order valence-corrected chi connectivity index (χ3v) is 9.39. The predicted molar refractivity (Wildman–Crippen MR) is 209 cm³/mol. The molecule has 0 fully saturated rings. The number of rotatable bonds is 7. The van der Waals surface area contributed by atoms with Crippen molar-refractivity contribution in [2.45, 2.75) is 13.0 Å². The number of allylic oxidation sites excluding steroid dienone is 5. The Balaban J connectivity index is 1.36. The first kappa shape index (κ1) is 30.3. The van der Waals surface area contributed by atoms with Gasteiger partial charge in [0.2, 0.25) is 0 Å². The van der Waals surface area contributed by atoms with Crippen LogP contribution in [-0.2, 0) is 0 Å². The Morgan fingerprint density at radius 1 is 0.647 bits per heavy atom. The zero-order valence-corrected chi connectivity index (χ0v) is 28.1. The van der Waals surface area contributed by atoms with Gasteiger partial charge < -0.3 is 0 Å². The number of fused-ring (bicyclic) bond motifs is 3. The fraction of sp³-hybridized carbons (Fsp3) is 0.0444. The number of benzene rings is 5. The van der Waals surface area contributed by atoms with Crippen molar-refractivity contribution in [1.29, 1.82) is 0 Å². The predicted octanol–water partition coefficient (Wildman–Crippen LogP) is 10.2. The molecule has 1 unspecified atom stereocenters. The van der Waals surface area contributed by atoms with Crippen LogP contribution in [0.1, 0.15) is 12.5 Å². The Labute approximate surface area is 296 Å². The number of para-hydroxylation sites is 6. The quantitative estimate of drug-likeness (QED) is 0.160. The Hall–Kier alpha value is -6.79. The van der Waals surface area contributed by atoms with Crippen LogP contribution in [0.3, 0.4) is 0 Å². The molecule has 6 nitrogen and oxygen atoms in total. The van der Waals surface area contributed by atoms with Gasteiger partial charge in [-0.2, -0.15) is 0 Å². The topological polar surface area (TPSA) is 51.2 Å². The second-order valence-corrected chi connectivity index (χ2v) is 12.5. The van der Waals surface area contributed by atoms with Crippen molar-refractivity contribution in [1.82, 2.24) is 24.0 Å². The van der Waals surface area contributed by atoms with Crippen LogP contribution in [-0.4, -0.2) is 35.9 Å². The number of amidine groups is 1. The maximum Gasteiger partial charge on any atom is 0.145 e. The molecule has 3 heterocycles. The molecular formula is C45H34N6. The first-order chi connectivity index (χ1) is 25.2. The molecule has 2 aliphatic rings. The van der Waals surface area contributed by atoms with Gasteiger partial charge in [-0.1, -0.05) is 91.5 Å². The molecule has 1 atom stereocenters. The van der Waals surface area contributed by atoms with Crippen LogP contribution >= 0.6 is 0 Å². The Morgan fingerprint density at radius 2 is 1.18 bits per heavy atom. The van der Waals surface area contributed by atoms with Crippen molar-refractivity contribution in [3.63, 3.8) is 0 Å². The van der Waals surface area contributed by atoms with E-state index in [1.165, 1.54) is 0 Å². The van der Waals surface area contributed by atoms with Crippen LogP contribution in [0.15, 0.2) is 193 Å². The minimum Gasteiger partial charge on any atom is -0.295 e. The Bertz CT molecular complexity index is 2480. The summed E-state index contributed by atoms with van der Waals surface area (Å²) in [7, 11) is 0. The number of hydrogen-bond donors (Lipinski definition) is 0. The van der Waals surface area contributed by atoms with Crippen molar-refractivity contribution in [2.75, 3.05) is 0 Å². The minimum absolute atomic E-state index is 0.112. The summed E-state index contributed by atoms with van der Waals surface area (Å²) < 4.78 is 4.49. The van der Waals surface area contributed by atoms with E-state index in [1.54, 1.807) is 0 Å². The molecule has 9 rings (SSSR count). The second kappa shape index (κ2) is 12.6. The van der Waals surface area contributed by atoms with Crippen molar-refractivity contribution < 1.29 is 0 Å². The van der Waals surface area contributed by atoms with Gasteiger partial charge in [-0.15, -0.1) is 0 Å². The number of nitrogens with zero attached hydrogens (tertiary/aromatic N) is 6. The normalized spacial score (nSPS) is 15.6. The molecule has 244 valence electrons. The first-order valence-corrected chi connectivity index (χ1v) is 17.2. The Kier molecular flexibility index (Phi) is 7.47. The summed E-state index contributed by atoms with van der Waals surface area (Å²) in [4.78, 5) is 18.1. The van der Waals surface area contributed by atoms with E-state index in [1.807, 2.05) is 37.3 Å². The van der Waals surface area contributed by atoms with E-state index in [-0.39, 0.29) is 6.04 Å². The van der Waals surface area contributed by atoms with Crippen LogP contribution in [0, 0.1) is 0 Å². The number of aromatic nitrogens is 4. The average molecular weight is 659 g/mol. The lowest BCUT2D eigenvalue weighted by atomic mass is 10.0. The Morgan fingerprint density at radius 3 is 1.73 bits per heavy atom. The lowest BCUT2D eigenvalue weighted by Crippen LogP contribution is -2.33. The van der Waals surface area contributed by atoms with Crippen LogP contribution in [0.25, 0.3) is 56.2 Å². The third kappa shape index (κ3) is 5.25. The van der Waals surface area contributed by atoms with Crippen molar-refractivity contribution in [3.8, 4) is 34.2 Å². The standard InChI is InChI=1S/C45H34N6/c1-3-35(4-2)49-38-22-12-11-17-34(30-38)46-43(49)31-27-32(44-47-39-23-13-15-25-41(39)50(44)36-18-7-5-8-19-36)29-33(28-31)45-48-40-24-14-16-26-42(40)51(45)37-20-9-6-10-21-37/h3-30,34H,1H2,2H3/b35-4+. The zero-order valence-electron chi connectivity index (χ0n) is 28.1. The highest BCUT2D eigenvalue weighted by Gasteiger charge is 2.28. The van der Waals surface area contributed by atoms with Gasteiger partial charge in [-0.05, 0) is 91.9 Å². The summed E-state index contributed by atoms with van der Waals surface area (Å²) in [5.74, 6) is 2.50. The maximum atomic E-state index is 5.34. The first-order valence-electron chi connectivity index (χ1n) is 17.2. The molecule has 6 heteroatoms. The zero-order chi connectivity index (χ0) is 34.3. The highest BCUT2D eigenvalue weighted by Crippen LogP contribution is 2.37. The fourth-order valence-corrected chi connectivity index (χ4v) is 7.11. The number of imidazole rings is 2. The smallest absolute Gasteiger partial charge is 0.145 e. The molecule has 0 radical (unpaired) electrons. The van der Waals surface area contributed by atoms with E-state index >= 15 is 0 Å².